The number of aryl methyl sites for hydroxylation is 1. The summed E-state index contributed by atoms with van der Waals surface area (Å²) in [5, 5.41) is 9.06. The van der Waals surface area contributed by atoms with Gasteiger partial charge in [0.2, 0.25) is 17.7 Å². The number of carbonyl (C=O) groups excluding carboxylic acids is 3. The van der Waals surface area contributed by atoms with E-state index in [1.54, 1.807) is 14.0 Å². The first-order valence-electron chi connectivity index (χ1n) is 12.1. The van der Waals surface area contributed by atoms with Gasteiger partial charge in [0, 0.05) is 20.1 Å². The number of fused-ring (bicyclic) bond motifs is 1. The maximum Gasteiger partial charge on any atom is 0.243 e. The van der Waals surface area contributed by atoms with Crippen molar-refractivity contribution in [3.63, 3.8) is 0 Å². The molecule has 2 rings (SSSR count). The summed E-state index contributed by atoms with van der Waals surface area (Å²) in [4.78, 5) is 40.2. The largest absolute Gasteiger partial charge is 0.492 e. The van der Waals surface area contributed by atoms with E-state index in [-0.39, 0.29) is 23.6 Å². The second kappa shape index (κ2) is 13.2. The fourth-order valence-electron chi connectivity index (χ4n) is 3.84. The molecule has 0 spiro atoms. The number of amides is 3. The molecule has 1 aromatic carbocycles. The van der Waals surface area contributed by atoms with E-state index in [0.717, 1.165) is 30.6 Å². The summed E-state index contributed by atoms with van der Waals surface area (Å²) in [6, 6.07) is 6.12. The zero-order valence-electron chi connectivity index (χ0n) is 20.6. The van der Waals surface area contributed by atoms with Gasteiger partial charge in [-0.05, 0) is 43.7 Å². The average molecular weight is 461 g/mol. The first-order chi connectivity index (χ1) is 15.8. The first kappa shape index (κ1) is 26.6. The van der Waals surface area contributed by atoms with Gasteiger partial charge in [-0.3, -0.25) is 14.4 Å². The molecule has 0 saturated heterocycles. The number of para-hydroxylation sites is 1. The van der Waals surface area contributed by atoms with Crippen molar-refractivity contribution in [2.75, 3.05) is 26.7 Å². The number of carbonyl (C=O) groups is 3. The molecule has 0 radical (unpaired) electrons. The Morgan fingerprint density at radius 2 is 1.85 bits per heavy atom. The molecule has 4 atom stereocenters. The topological polar surface area (TPSA) is 99.8 Å². The van der Waals surface area contributed by atoms with Crippen LogP contribution in [0.2, 0.25) is 0 Å². The molecule has 1 heterocycles. The minimum atomic E-state index is -0.699. The highest BCUT2D eigenvalue weighted by atomic mass is 16.5. The molecule has 184 valence electrons. The molecule has 8 heteroatoms. The van der Waals surface area contributed by atoms with Gasteiger partial charge in [-0.15, -0.1) is 0 Å². The predicted octanol–water partition coefficient (Wildman–Crippen LogP) is 1.87. The number of likely N-dealkylation sites (N-methyl/N-ethyl adjacent to an activating group) is 1. The molecule has 0 bridgehead atoms. The fourth-order valence-corrected chi connectivity index (χ4v) is 3.84. The number of rotatable bonds is 3. The van der Waals surface area contributed by atoms with Crippen LogP contribution in [0.25, 0.3) is 0 Å². The summed E-state index contributed by atoms with van der Waals surface area (Å²) in [6.45, 7) is 9.04. The lowest BCUT2D eigenvalue weighted by Gasteiger charge is -2.32. The molecule has 0 aliphatic carbocycles. The third-order valence-corrected chi connectivity index (χ3v) is 6.45. The maximum atomic E-state index is 13.3. The smallest absolute Gasteiger partial charge is 0.243 e. The van der Waals surface area contributed by atoms with E-state index < -0.39 is 18.1 Å². The van der Waals surface area contributed by atoms with Gasteiger partial charge in [0.1, 0.15) is 24.4 Å². The van der Waals surface area contributed by atoms with Crippen molar-refractivity contribution in [2.45, 2.75) is 71.5 Å². The summed E-state index contributed by atoms with van der Waals surface area (Å²) in [7, 11) is 1.63. The van der Waals surface area contributed by atoms with Gasteiger partial charge in [-0.2, -0.15) is 0 Å². The Morgan fingerprint density at radius 1 is 1.12 bits per heavy atom. The van der Waals surface area contributed by atoms with Crippen molar-refractivity contribution in [2.24, 2.45) is 5.92 Å². The maximum absolute atomic E-state index is 13.3. The summed E-state index contributed by atoms with van der Waals surface area (Å²) in [6.07, 6.45) is 2.82. The molecular formula is C25H40N4O4. The van der Waals surface area contributed by atoms with Crippen LogP contribution in [-0.4, -0.2) is 67.5 Å². The second-order valence-corrected chi connectivity index (χ2v) is 8.76. The standard InChI is InChI=1S/C25H40N4O4/c1-6-17(3)22-25(32)29(5)18(4)23(30)28-20(7-2)24(31)27-14-10-12-19-11-8-9-13-21(19)33-16-15-26-22/h8-9,11,13,17-18,20,22,26H,6-7,10,12,14-16H2,1-5H3,(H,27,31)(H,28,30)/t17-,18+,20+,22-/m0/s1. The predicted molar refractivity (Wildman–Crippen MR) is 129 cm³/mol. The van der Waals surface area contributed by atoms with Crippen molar-refractivity contribution in [1.29, 1.82) is 0 Å². The van der Waals surface area contributed by atoms with Gasteiger partial charge < -0.3 is 25.6 Å². The normalized spacial score (nSPS) is 25.1. The zero-order valence-corrected chi connectivity index (χ0v) is 20.6. The minimum Gasteiger partial charge on any atom is -0.492 e. The van der Waals surface area contributed by atoms with Gasteiger partial charge in [0.25, 0.3) is 0 Å². The van der Waals surface area contributed by atoms with Crippen LogP contribution in [0.3, 0.4) is 0 Å². The Morgan fingerprint density at radius 3 is 2.55 bits per heavy atom. The summed E-state index contributed by atoms with van der Waals surface area (Å²) < 4.78 is 6.01. The zero-order chi connectivity index (χ0) is 24.4. The molecule has 1 aliphatic heterocycles. The van der Waals surface area contributed by atoms with Crippen molar-refractivity contribution in [3.05, 3.63) is 29.8 Å². The number of hydrogen-bond acceptors (Lipinski definition) is 5. The fraction of sp³-hybridized carbons (Fsp3) is 0.640. The van der Waals surface area contributed by atoms with Gasteiger partial charge in [0.05, 0.1) is 6.04 Å². The molecule has 1 aromatic rings. The van der Waals surface area contributed by atoms with E-state index in [0.29, 0.717) is 26.1 Å². The quantitative estimate of drug-likeness (QED) is 0.640. The van der Waals surface area contributed by atoms with Crippen LogP contribution in [0.5, 0.6) is 5.75 Å². The molecule has 33 heavy (non-hydrogen) atoms. The molecule has 0 fully saturated rings. The van der Waals surface area contributed by atoms with Gasteiger partial charge in [0.15, 0.2) is 0 Å². The summed E-state index contributed by atoms with van der Waals surface area (Å²) in [5.41, 5.74) is 1.08. The lowest BCUT2D eigenvalue weighted by atomic mass is 9.97. The van der Waals surface area contributed by atoms with Gasteiger partial charge in [-0.25, -0.2) is 0 Å². The Bertz CT molecular complexity index is 800. The first-order valence-corrected chi connectivity index (χ1v) is 12.1. The Labute approximate surface area is 197 Å². The van der Waals surface area contributed by atoms with Crippen molar-refractivity contribution < 1.29 is 19.1 Å². The van der Waals surface area contributed by atoms with Crippen molar-refractivity contribution in [3.8, 4) is 5.75 Å². The highest BCUT2D eigenvalue weighted by Gasteiger charge is 2.32. The lowest BCUT2D eigenvalue weighted by Crippen LogP contribution is -2.57. The van der Waals surface area contributed by atoms with E-state index in [2.05, 4.69) is 16.0 Å². The van der Waals surface area contributed by atoms with Crippen LogP contribution in [0, 0.1) is 5.92 Å². The molecule has 0 saturated carbocycles. The SMILES string of the molecule is CC[C@H]1NC(=O)[C@@H](C)N(C)C(=O)[C@H]([C@@H](C)CC)NCCOc2ccccc2CCCNC1=O. The monoisotopic (exact) mass is 460 g/mol. The number of nitrogens with zero attached hydrogens (tertiary/aromatic N) is 1. The molecular weight excluding hydrogens is 420 g/mol. The number of ether oxygens (including phenoxy) is 1. The third-order valence-electron chi connectivity index (χ3n) is 6.45. The van der Waals surface area contributed by atoms with Gasteiger partial charge in [-0.1, -0.05) is 45.4 Å². The Hall–Kier alpha value is -2.61. The van der Waals surface area contributed by atoms with E-state index in [1.807, 2.05) is 45.0 Å². The number of hydrogen-bond donors (Lipinski definition) is 3. The van der Waals surface area contributed by atoms with Crippen LogP contribution in [0.15, 0.2) is 24.3 Å². The summed E-state index contributed by atoms with van der Waals surface area (Å²) in [5.74, 6) is 0.210. The highest BCUT2D eigenvalue weighted by Crippen LogP contribution is 2.19. The lowest BCUT2D eigenvalue weighted by molar-refractivity contribution is -0.141. The number of nitrogens with one attached hydrogen (secondary N) is 3. The van der Waals surface area contributed by atoms with E-state index in [4.69, 9.17) is 4.74 Å². The van der Waals surface area contributed by atoms with Crippen LogP contribution >= 0.6 is 0 Å². The average Bonchev–Trinajstić information content (AvgIpc) is 2.83. The van der Waals surface area contributed by atoms with Crippen LogP contribution in [0.1, 0.15) is 52.5 Å². The van der Waals surface area contributed by atoms with Gasteiger partial charge >= 0.3 is 0 Å². The summed E-state index contributed by atoms with van der Waals surface area (Å²) >= 11 is 0. The van der Waals surface area contributed by atoms with Crippen LogP contribution < -0.4 is 20.7 Å². The van der Waals surface area contributed by atoms with E-state index in [9.17, 15) is 14.4 Å². The highest BCUT2D eigenvalue weighted by molar-refractivity contribution is 5.92. The Kier molecular flexibility index (Phi) is 10.6. The van der Waals surface area contributed by atoms with Crippen molar-refractivity contribution >= 4 is 17.7 Å². The van der Waals surface area contributed by atoms with E-state index >= 15 is 0 Å². The van der Waals surface area contributed by atoms with Crippen LogP contribution in [-0.2, 0) is 20.8 Å². The number of benzene rings is 1. The van der Waals surface area contributed by atoms with E-state index in [1.165, 1.54) is 4.90 Å². The van der Waals surface area contributed by atoms with Crippen molar-refractivity contribution in [1.82, 2.24) is 20.9 Å². The second-order valence-electron chi connectivity index (χ2n) is 8.76. The molecule has 8 nitrogen and oxygen atoms in total. The minimum absolute atomic E-state index is 0.0854. The molecule has 0 aromatic heterocycles. The molecule has 1 aliphatic rings. The Balaban J connectivity index is 2.25. The molecule has 3 N–H and O–H groups in total. The molecule has 3 amide bonds. The third kappa shape index (κ3) is 7.45. The molecule has 0 unspecified atom stereocenters. The van der Waals surface area contributed by atoms with Crippen LogP contribution in [0.4, 0.5) is 0 Å².